The number of aliphatic hydroxyl groups is 1. The van der Waals surface area contributed by atoms with Gasteiger partial charge in [-0.2, -0.15) is 0 Å². The zero-order valence-corrected chi connectivity index (χ0v) is 16.2. The van der Waals surface area contributed by atoms with Gasteiger partial charge in [0, 0.05) is 13.0 Å². The van der Waals surface area contributed by atoms with Gasteiger partial charge in [0.2, 0.25) is 0 Å². The van der Waals surface area contributed by atoms with Gasteiger partial charge in [-0.15, -0.1) is 0 Å². The van der Waals surface area contributed by atoms with Crippen molar-refractivity contribution < 1.29 is 34.1 Å². The Morgan fingerprint density at radius 3 is 2.36 bits per heavy atom. The number of methoxy groups -OCH3 is 2. The third kappa shape index (κ3) is 4.44. The molecule has 1 aromatic carbocycles. The first-order valence-electron chi connectivity index (χ1n) is 9.00. The van der Waals surface area contributed by atoms with E-state index in [1.54, 1.807) is 18.2 Å². The lowest BCUT2D eigenvalue weighted by Gasteiger charge is -2.27. The van der Waals surface area contributed by atoms with Crippen molar-refractivity contribution in [2.75, 3.05) is 20.8 Å². The number of ketones is 1. The quantitative estimate of drug-likeness (QED) is 0.589. The van der Waals surface area contributed by atoms with Crippen LogP contribution >= 0.6 is 0 Å². The number of Topliss-reactive ketones (excluding diaryl/α,β-unsaturated/α-hetero) is 1. The average Bonchev–Trinajstić information content (AvgIpc) is 2.91. The van der Waals surface area contributed by atoms with Crippen LogP contribution in [0.1, 0.15) is 44.2 Å². The Morgan fingerprint density at radius 1 is 1.11 bits per heavy atom. The monoisotopic (exact) mass is 391 g/mol. The van der Waals surface area contributed by atoms with Crippen LogP contribution in [0.5, 0.6) is 11.5 Å². The molecule has 0 saturated heterocycles. The fourth-order valence-corrected chi connectivity index (χ4v) is 3.35. The number of aliphatic hydroxyl groups excluding tert-OH is 1. The smallest absolute Gasteiger partial charge is 0.303 e. The van der Waals surface area contributed by atoms with Gasteiger partial charge in [-0.05, 0) is 37.5 Å². The first-order chi connectivity index (χ1) is 13.3. The first-order valence-corrected chi connectivity index (χ1v) is 9.00. The number of rotatable bonds is 10. The van der Waals surface area contributed by atoms with E-state index < -0.39 is 23.7 Å². The van der Waals surface area contributed by atoms with Crippen LogP contribution < -0.4 is 9.47 Å². The van der Waals surface area contributed by atoms with Crippen molar-refractivity contribution >= 4 is 17.7 Å². The van der Waals surface area contributed by atoms with E-state index >= 15 is 0 Å². The van der Waals surface area contributed by atoms with Gasteiger partial charge in [0.25, 0.3) is 5.91 Å². The number of hydrogen-bond donors (Lipinski definition) is 2. The number of aliphatic carboxylic acids is 1. The number of amides is 1. The molecule has 0 saturated carbocycles. The number of hydrogen-bond acceptors (Lipinski definition) is 6. The molecule has 2 rings (SSSR count). The van der Waals surface area contributed by atoms with Crippen molar-refractivity contribution in [3.63, 3.8) is 0 Å². The van der Waals surface area contributed by atoms with Crippen molar-refractivity contribution in [1.82, 2.24) is 4.90 Å². The molecule has 152 valence electrons. The molecular weight excluding hydrogens is 366 g/mol. The molecule has 2 N–H and O–H groups in total. The lowest BCUT2D eigenvalue weighted by molar-refractivity contribution is -0.137. The minimum absolute atomic E-state index is 0.0442. The normalized spacial score (nSPS) is 16.5. The van der Waals surface area contributed by atoms with Gasteiger partial charge in [-0.3, -0.25) is 14.4 Å². The van der Waals surface area contributed by atoms with Crippen LogP contribution in [-0.2, 0) is 14.4 Å². The first kappa shape index (κ1) is 21.3. The van der Waals surface area contributed by atoms with Crippen molar-refractivity contribution in [2.45, 2.75) is 38.6 Å². The Balaban J connectivity index is 2.30. The van der Waals surface area contributed by atoms with Gasteiger partial charge >= 0.3 is 5.97 Å². The molecule has 1 atom stereocenters. The number of carboxylic acids is 1. The zero-order chi connectivity index (χ0) is 20.8. The summed E-state index contributed by atoms with van der Waals surface area (Å²) in [5, 5.41) is 19.0. The number of nitrogens with zero attached hydrogens (tertiary/aromatic N) is 1. The second-order valence-electron chi connectivity index (χ2n) is 6.54. The Labute approximate surface area is 163 Å². The third-order valence-corrected chi connectivity index (χ3v) is 4.70. The summed E-state index contributed by atoms with van der Waals surface area (Å²) >= 11 is 0. The summed E-state index contributed by atoms with van der Waals surface area (Å²) in [6.45, 7) is 1.60. The van der Waals surface area contributed by atoms with Gasteiger partial charge in [0.05, 0.1) is 25.8 Å². The highest BCUT2D eigenvalue weighted by molar-refractivity contribution is 6.08. The predicted molar refractivity (Wildman–Crippen MR) is 100 cm³/mol. The van der Waals surface area contributed by atoms with E-state index in [2.05, 4.69) is 0 Å². The summed E-state index contributed by atoms with van der Waals surface area (Å²) in [5.41, 5.74) is 0.661. The maximum absolute atomic E-state index is 12.6. The summed E-state index contributed by atoms with van der Waals surface area (Å²) in [6, 6.07) is 4.34. The second kappa shape index (κ2) is 9.25. The molecule has 8 nitrogen and oxygen atoms in total. The molecule has 8 heteroatoms. The van der Waals surface area contributed by atoms with Crippen molar-refractivity contribution in [3.8, 4) is 11.5 Å². The van der Waals surface area contributed by atoms with E-state index in [0.717, 1.165) is 0 Å². The van der Waals surface area contributed by atoms with Gasteiger partial charge in [-0.25, -0.2) is 0 Å². The topological polar surface area (TPSA) is 113 Å². The van der Waals surface area contributed by atoms with E-state index in [1.165, 1.54) is 26.0 Å². The highest BCUT2D eigenvalue weighted by Crippen LogP contribution is 2.40. The van der Waals surface area contributed by atoms with E-state index in [1.807, 2.05) is 0 Å². The van der Waals surface area contributed by atoms with E-state index in [-0.39, 0.29) is 24.3 Å². The Bertz CT molecular complexity index is 800. The van der Waals surface area contributed by atoms with E-state index in [9.17, 15) is 19.5 Å². The molecule has 1 heterocycles. The minimum Gasteiger partial charge on any atom is -0.503 e. The van der Waals surface area contributed by atoms with Crippen LogP contribution in [0.25, 0.3) is 0 Å². The van der Waals surface area contributed by atoms with Crippen molar-refractivity contribution in [1.29, 1.82) is 0 Å². The lowest BCUT2D eigenvalue weighted by Crippen LogP contribution is -2.32. The van der Waals surface area contributed by atoms with Crippen LogP contribution in [-0.4, -0.2) is 53.5 Å². The highest BCUT2D eigenvalue weighted by atomic mass is 16.5. The summed E-state index contributed by atoms with van der Waals surface area (Å²) in [6.07, 6.45) is 1.73. The number of ether oxygens (including phenoxy) is 2. The molecule has 0 aromatic heterocycles. The number of unbranched alkanes of at least 4 members (excludes halogenated alkanes) is 2. The maximum Gasteiger partial charge on any atom is 0.303 e. The summed E-state index contributed by atoms with van der Waals surface area (Å²) in [7, 11) is 2.99. The van der Waals surface area contributed by atoms with E-state index in [0.29, 0.717) is 36.3 Å². The molecule has 1 aliphatic heterocycles. The summed E-state index contributed by atoms with van der Waals surface area (Å²) in [4.78, 5) is 36.8. The largest absolute Gasteiger partial charge is 0.503 e. The third-order valence-electron chi connectivity index (χ3n) is 4.70. The van der Waals surface area contributed by atoms with Gasteiger partial charge in [0.1, 0.15) is 0 Å². The minimum atomic E-state index is -0.862. The molecule has 0 bridgehead atoms. The second-order valence-corrected chi connectivity index (χ2v) is 6.54. The average molecular weight is 391 g/mol. The SMILES string of the molecule is COc1ccc(C2C(C(C)=O)=C(O)C(=O)N2CCCCCC(=O)O)cc1OC. The van der Waals surface area contributed by atoms with E-state index in [4.69, 9.17) is 14.6 Å². The van der Waals surface area contributed by atoms with Crippen LogP contribution in [0.3, 0.4) is 0 Å². The standard InChI is InChI=1S/C20H25NO7/c1-12(22)17-18(13-8-9-14(27-2)15(11-13)28-3)21(20(26)19(17)25)10-6-4-5-7-16(23)24/h8-9,11,18,25H,4-7,10H2,1-3H3,(H,23,24). The van der Waals surface area contributed by atoms with Gasteiger partial charge < -0.3 is 24.6 Å². The molecule has 0 radical (unpaired) electrons. The number of carboxylic acid groups (broad SMARTS) is 1. The van der Waals surface area contributed by atoms with Gasteiger partial charge in [-0.1, -0.05) is 12.5 Å². The van der Waals surface area contributed by atoms with Crippen molar-refractivity contribution in [3.05, 3.63) is 35.1 Å². The summed E-state index contributed by atoms with van der Waals surface area (Å²) in [5.74, 6) is -1.45. The van der Waals surface area contributed by atoms with Crippen LogP contribution in [0.4, 0.5) is 0 Å². The molecule has 0 aliphatic carbocycles. The van der Waals surface area contributed by atoms with Crippen LogP contribution in [0, 0.1) is 0 Å². The molecule has 0 fully saturated rings. The predicted octanol–water partition coefficient (Wildman–Crippen LogP) is 2.63. The number of carbonyl (C=O) groups is 3. The Morgan fingerprint density at radius 2 is 1.79 bits per heavy atom. The van der Waals surface area contributed by atoms with Gasteiger partial charge in [0.15, 0.2) is 23.0 Å². The number of benzene rings is 1. The van der Waals surface area contributed by atoms with Crippen LogP contribution in [0.2, 0.25) is 0 Å². The maximum atomic E-state index is 12.6. The van der Waals surface area contributed by atoms with Crippen LogP contribution in [0.15, 0.2) is 29.5 Å². The lowest BCUT2D eigenvalue weighted by atomic mass is 9.96. The molecular formula is C20H25NO7. The molecule has 1 aromatic rings. The van der Waals surface area contributed by atoms with Crippen molar-refractivity contribution in [2.24, 2.45) is 0 Å². The highest BCUT2D eigenvalue weighted by Gasteiger charge is 2.42. The fraction of sp³-hybridized carbons (Fsp3) is 0.450. The summed E-state index contributed by atoms with van der Waals surface area (Å²) < 4.78 is 10.5. The molecule has 1 unspecified atom stereocenters. The molecule has 0 spiro atoms. The fourth-order valence-electron chi connectivity index (χ4n) is 3.35. The number of carbonyl (C=O) groups excluding carboxylic acids is 2. The Kier molecular flexibility index (Phi) is 7.03. The Hall–Kier alpha value is -3.03. The molecule has 1 amide bonds. The molecule has 1 aliphatic rings. The zero-order valence-electron chi connectivity index (χ0n) is 16.2. The molecule has 28 heavy (non-hydrogen) atoms.